The molecular weight excluding hydrogens is 196 g/mol. The summed E-state index contributed by atoms with van der Waals surface area (Å²) in [6.45, 7) is 2.17. The summed E-state index contributed by atoms with van der Waals surface area (Å²) in [6, 6.07) is 10.8. The van der Waals surface area contributed by atoms with Gasteiger partial charge in [0.05, 0.1) is 6.04 Å². The van der Waals surface area contributed by atoms with Gasteiger partial charge in [0.25, 0.3) is 0 Å². The third kappa shape index (κ3) is 3.63. The highest BCUT2D eigenvalue weighted by molar-refractivity contribution is 5.78. The summed E-state index contributed by atoms with van der Waals surface area (Å²) in [6.07, 6.45) is 8.47. The fourth-order valence-corrected chi connectivity index (χ4v) is 1.85. The van der Waals surface area contributed by atoms with E-state index in [2.05, 4.69) is 28.5 Å². The zero-order valence-corrected chi connectivity index (χ0v) is 9.47. The number of piperidine rings is 1. The molecular formula is C14H18N2. The number of allylic oxidation sites excluding steroid dienone is 1. The zero-order valence-electron chi connectivity index (χ0n) is 9.47. The van der Waals surface area contributed by atoms with Crippen LogP contribution in [-0.2, 0) is 0 Å². The normalized spacial score (nSPS) is 21.9. The average molecular weight is 214 g/mol. The Morgan fingerprint density at radius 1 is 1.25 bits per heavy atom. The quantitative estimate of drug-likeness (QED) is 0.768. The minimum absolute atomic E-state index is 0.467. The summed E-state index contributed by atoms with van der Waals surface area (Å²) in [5, 5.41) is 3.36. The Kier molecular flexibility index (Phi) is 4.32. The lowest BCUT2D eigenvalue weighted by Crippen LogP contribution is -2.32. The van der Waals surface area contributed by atoms with Gasteiger partial charge in [-0.25, -0.2) is 0 Å². The Morgan fingerprint density at radius 2 is 2.12 bits per heavy atom. The van der Waals surface area contributed by atoms with Crippen LogP contribution >= 0.6 is 0 Å². The third-order valence-electron chi connectivity index (χ3n) is 2.74. The molecule has 1 fully saturated rings. The molecule has 0 saturated carbocycles. The molecule has 1 aliphatic heterocycles. The first-order valence-corrected chi connectivity index (χ1v) is 5.91. The van der Waals surface area contributed by atoms with E-state index < -0.39 is 0 Å². The summed E-state index contributed by atoms with van der Waals surface area (Å²) >= 11 is 0. The Bertz CT molecular complexity index is 348. The zero-order chi connectivity index (χ0) is 11.1. The lowest BCUT2D eigenvalue weighted by Gasteiger charge is -2.18. The van der Waals surface area contributed by atoms with Crippen LogP contribution in [0, 0.1) is 0 Å². The van der Waals surface area contributed by atoms with Crippen molar-refractivity contribution >= 4 is 12.3 Å². The van der Waals surface area contributed by atoms with Gasteiger partial charge < -0.3 is 5.32 Å². The van der Waals surface area contributed by atoms with Gasteiger partial charge in [0.2, 0.25) is 0 Å². The first-order valence-electron chi connectivity index (χ1n) is 5.91. The second-order valence-electron chi connectivity index (χ2n) is 4.07. The summed E-state index contributed by atoms with van der Waals surface area (Å²) in [5.74, 6) is 0. The van der Waals surface area contributed by atoms with Crippen molar-refractivity contribution in [2.45, 2.75) is 18.9 Å². The van der Waals surface area contributed by atoms with Crippen molar-refractivity contribution in [2.24, 2.45) is 4.99 Å². The van der Waals surface area contributed by atoms with Crippen molar-refractivity contribution in [3.05, 3.63) is 42.0 Å². The Balaban J connectivity index is 1.82. The topological polar surface area (TPSA) is 24.4 Å². The van der Waals surface area contributed by atoms with Gasteiger partial charge in [-0.1, -0.05) is 36.4 Å². The van der Waals surface area contributed by atoms with Crippen LogP contribution in [0.2, 0.25) is 0 Å². The molecule has 1 aromatic carbocycles. The molecule has 84 valence electrons. The molecule has 2 nitrogen and oxygen atoms in total. The predicted octanol–water partition coefficient (Wildman–Crippen LogP) is 2.52. The molecule has 1 atom stereocenters. The molecule has 0 aromatic heterocycles. The van der Waals surface area contributed by atoms with Gasteiger partial charge in [-0.05, 0) is 31.0 Å². The Morgan fingerprint density at radius 3 is 2.88 bits per heavy atom. The molecule has 16 heavy (non-hydrogen) atoms. The van der Waals surface area contributed by atoms with Crippen LogP contribution in [-0.4, -0.2) is 25.3 Å². The van der Waals surface area contributed by atoms with Crippen molar-refractivity contribution in [3.8, 4) is 0 Å². The molecule has 0 aliphatic carbocycles. The van der Waals surface area contributed by atoms with E-state index in [0.29, 0.717) is 6.04 Å². The summed E-state index contributed by atoms with van der Waals surface area (Å²) in [7, 11) is 0. The highest BCUT2D eigenvalue weighted by Gasteiger charge is 2.09. The molecule has 1 aliphatic rings. The first kappa shape index (κ1) is 11.1. The van der Waals surface area contributed by atoms with E-state index in [4.69, 9.17) is 0 Å². The minimum Gasteiger partial charge on any atom is -0.315 e. The number of aliphatic imine (C=N–C) groups is 1. The molecule has 2 rings (SSSR count). The number of hydrogen-bond donors (Lipinski definition) is 1. The highest BCUT2D eigenvalue weighted by Crippen LogP contribution is 2.05. The van der Waals surface area contributed by atoms with Crippen LogP contribution in [0.4, 0.5) is 0 Å². The van der Waals surface area contributed by atoms with E-state index in [1.807, 2.05) is 30.5 Å². The number of nitrogens with zero attached hydrogens (tertiary/aromatic N) is 1. The number of rotatable bonds is 3. The van der Waals surface area contributed by atoms with Crippen molar-refractivity contribution in [3.63, 3.8) is 0 Å². The summed E-state index contributed by atoms with van der Waals surface area (Å²) < 4.78 is 0. The van der Waals surface area contributed by atoms with Crippen molar-refractivity contribution in [2.75, 3.05) is 13.1 Å². The number of nitrogens with one attached hydrogen (secondary N) is 1. The molecule has 0 unspecified atom stereocenters. The van der Waals surface area contributed by atoms with Gasteiger partial charge in [0.15, 0.2) is 0 Å². The second kappa shape index (κ2) is 6.23. The van der Waals surface area contributed by atoms with Crippen LogP contribution < -0.4 is 5.32 Å². The first-order chi connectivity index (χ1) is 7.95. The van der Waals surface area contributed by atoms with Crippen LogP contribution in [0.15, 0.2) is 41.4 Å². The Labute approximate surface area is 97.1 Å². The molecule has 1 N–H and O–H groups in total. The van der Waals surface area contributed by atoms with Crippen LogP contribution in [0.1, 0.15) is 18.4 Å². The summed E-state index contributed by atoms with van der Waals surface area (Å²) in [4.78, 5) is 4.52. The van der Waals surface area contributed by atoms with E-state index in [-0.39, 0.29) is 0 Å². The van der Waals surface area contributed by atoms with Gasteiger partial charge in [-0.15, -0.1) is 0 Å². The van der Waals surface area contributed by atoms with Crippen LogP contribution in [0.5, 0.6) is 0 Å². The fourth-order valence-electron chi connectivity index (χ4n) is 1.85. The molecule has 1 heterocycles. The maximum absolute atomic E-state index is 4.52. The molecule has 1 aromatic rings. The Hall–Kier alpha value is -1.41. The van der Waals surface area contributed by atoms with E-state index in [9.17, 15) is 0 Å². The fraction of sp³-hybridized carbons (Fsp3) is 0.357. The van der Waals surface area contributed by atoms with Gasteiger partial charge in [0.1, 0.15) is 0 Å². The minimum atomic E-state index is 0.467. The van der Waals surface area contributed by atoms with E-state index in [1.54, 1.807) is 0 Å². The number of hydrogen-bond acceptors (Lipinski definition) is 2. The van der Waals surface area contributed by atoms with Crippen LogP contribution in [0.25, 0.3) is 6.08 Å². The van der Waals surface area contributed by atoms with Crippen LogP contribution in [0.3, 0.4) is 0 Å². The maximum atomic E-state index is 4.52. The monoisotopic (exact) mass is 214 g/mol. The molecule has 2 heteroatoms. The smallest absolute Gasteiger partial charge is 0.0624 e. The van der Waals surface area contributed by atoms with E-state index in [0.717, 1.165) is 13.1 Å². The standard InChI is InChI=1S/C14H18N2/c1-2-6-13(7-3-1)8-4-11-16-14-9-5-10-15-12-14/h1-4,6-8,11,14-15H,5,9-10,12H2/b8-4+,16-11?/t14-/m1/s1. The lowest BCUT2D eigenvalue weighted by molar-refractivity contribution is 0.462. The van der Waals surface area contributed by atoms with Crippen molar-refractivity contribution in [1.29, 1.82) is 0 Å². The third-order valence-corrected chi connectivity index (χ3v) is 2.74. The SMILES string of the molecule is C(/C=C/c1ccccc1)=N[C@@H]1CCCNC1. The molecule has 1 saturated heterocycles. The van der Waals surface area contributed by atoms with Gasteiger partial charge in [-0.3, -0.25) is 4.99 Å². The van der Waals surface area contributed by atoms with Gasteiger partial charge in [0, 0.05) is 12.8 Å². The largest absolute Gasteiger partial charge is 0.315 e. The second-order valence-corrected chi connectivity index (χ2v) is 4.07. The molecule has 0 amide bonds. The van der Waals surface area contributed by atoms with E-state index in [1.165, 1.54) is 18.4 Å². The summed E-state index contributed by atoms with van der Waals surface area (Å²) in [5.41, 5.74) is 1.22. The maximum Gasteiger partial charge on any atom is 0.0624 e. The van der Waals surface area contributed by atoms with Crippen molar-refractivity contribution < 1.29 is 0 Å². The lowest BCUT2D eigenvalue weighted by atomic mass is 10.1. The van der Waals surface area contributed by atoms with Gasteiger partial charge in [-0.2, -0.15) is 0 Å². The molecule has 0 radical (unpaired) electrons. The highest BCUT2D eigenvalue weighted by atomic mass is 14.9. The average Bonchev–Trinajstić information content (AvgIpc) is 2.37. The molecule has 0 bridgehead atoms. The van der Waals surface area contributed by atoms with E-state index >= 15 is 0 Å². The van der Waals surface area contributed by atoms with Gasteiger partial charge >= 0.3 is 0 Å². The molecule has 0 spiro atoms. The van der Waals surface area contributed by atoms with Crippen molar-refractivity contribution in [1.82, 2.24) is 5.32 Å². The number of benzene rings is 1. The predicted molar refractivity (Wildman–Crippen MR) is 69.9 cm³/mol.